The van der Waals surface area contributed by atoms with E-state index in [1.807, 2.05) is 0 Å². The van der Waals surface area contributed by atoms with E-state index in [9.17, 15) is 4.79 Å². The van der Waals surface area contributed by atoms with Crippen LogP contribution < -0.4 is 11.1 Å². The number of rotatable bonds is 9. The summed E-state index contributed by atoms with van der Waals surface area (Å²) in [5.41, 5.74) is 5.74. The number of hydrogen-bond acceptors (Lipinski definition) is 3. The third-order valence-corrected chi connectivity index (χ3v) is 5.13. The fourth-order valence-corrected chi connectivity index (χ4v) is 3.69. The van der Waals surface area contributed by atoms with Gasteiger partial charge in [-0.15, -0.1) is 12.4 Å². The minimum absolute atomic E-state index is 0. The first kappa shape index (κ1) is 18.7. The van der Waals surface area contributed by atoms with Gasteiger partial charge in [0.05, 0.1) is 6.10 Å². The Labute approximate surface area is 135 Å². The molecule has 0 aromatic rings. The Morgan fingerprint density at radius 2 is 2.00 bits per heavy atom. The highest BCUT2D eigenvalue weighted by Crippen LogP contribution is 2.57. The van der Waals surface area contributed by atoms with E-state index < -0.39 is 0 Å². The molecule has 5 heteroatoms. The van der Waals surface area contributed by atoms with Crippen LogP contribution in [0.2, 0.25) is 0 Å². The standard InChI is InChI=1S/C16H30N2O2.ClH/c1-2-20-14-12-13(16(14)9-7-10-16)18-15(19)8-5-3-4-6-11-17;/h13-14H,2-12,17H2,1H3,(H,18,19);1H. The van der Waals surface area contributed by atoms with Gasteiger partial charge in [-0.2, -0.15) is 0 Å². The summed E-state index contributed by atoms with van der Waals surface area (Å²) in [6, 6.07) is 0.365. The number of hydrogen-bond donors (Lipinski definition) is 2. The maximum atomic E-state index is 12.0. The number of carbonyl (C=O) groups excluding carboxylic acids is 1. The summed E-state index contributed by atoms with van der Waals surface area (Å²) in [4.78, 5) is 12.0. The lowest BCUT2D eigenvalue weighted by atomic mass is 9.51. The van der Waals surface area contributed by atoms with E-state index in [1.165, 1.54) is 19.3 Å². The van der Waals surface area contributed by atoms with Crippen LogP contribution in [-0.4, -0.2) is 31.2 Å². The molecule has 1 amide bonds. The van der Waals surface area contributed by atoms with Gasteiger partial charge in [-0.3, -0.25) is 4.79 Å². The zero-order valence-electron chi connectivity index (χ0n) is 13.2. The number of carbonyl (C=O) groups is 1. The lowest BCUT2D eigenvalue weighted by Crippen LogP contribution is -2.67. The maximum absolute atomic E-state index is 12.0. The zero-order valence-corrected chi connectivity index (χ0v) is 14.1. The van der Waals surface area contributed by atoms with Crippen LogP contribution in [-0.2, 0) is 9.53 Å². The molecule has 2 aliphatic carbocycles. The third-order valence-electron chi connectivity index (χ3n) is 5.13. The number of nitrogens with one attached hydrogen (secondary N) is 1. The number of unbranched alkanes of at least 4 members (excludes halogenated alkanes) is 3. The Balaban J connectivity index is 0.00000220. The van der Waals surface area contributed by atoms with Gasteiger partial charge in [0.2, 0.25) is 5.91 Å². The fourth-order valence-electron chi connectivity index (χ4n) is 3.69. The highest BCUT2D eigenvalue weighted by Gasteiger charge is 2.59. The first-order chi connectivity index (χ1) is 9.73. The molecule has 0 bridgehead atoms. The second kappa shape index (κ2) is 8.96. The van der Waals surface area contributed by atoms with E-state index in [1.54, 1.807) is 0 Å². The van der Waals surface area contributed by atoms with E-state index in [0.717, 1.165) is 45.3 Å². The molecule has 3 N–H and O–H groups in total. The third kappa shape index (κ3) is 4.33. The number of amides is 1. The average molecular weight is 319 g/mol. The lowest BCUT2D eigenvalue weighted by molar-refractivity contribution is -0.175. The molecule has 0 aromatic heterocycles. The van der Waals surface area contributed by atoms with Crippen molar-refractivity contribution >= 4 is 18.3 Å². The van der Waals surface area contributed by atoms with Gasteiger partial charge >= 0.3 is 0 Å². The van der Waals surface area contributed by atoms with Crippen LogP contribution in [0.1, 0.15) is 64.7 Å². The zero-order chi connectivity index (χ0) is 14.4. The van der Waals surface area contributed by atoms with Crippen LogP contribution in [0.25, 0.3) is 0 Å². The molecule has 0 aliphatic heterocycles. The Morgan fingerprint density at radius 3 is 2.57 bits per heavy atom. The van der Waals surface area contributed by atoms with Crippen molar-refractivity contribution in [3.05, 3.63) is 0 Å². The molecule has 21 heavy (non-hydrogen) atoms. The Morgan fingerprint density at radius 1 is 1.29 bits per heavy atom. The van der Waals surface area contributed by atoms with Crippen LogP contribution in [0, 0.1) is 5.41 Å². The molecule has 2 rings (SSSR count). The van der Waals surface area contributed by atoms with Gasteiger partial charge in [0.15, 0.2) is 0 Å². The Hall–Kier alpha value is -0.320. The van der Waals surface area contributed by atoms with E-state index in [-0.39, 0.29) is 23.7 Å². The maximum Gasteiger partial charge on any atom is 0.220 e. The summed E-state index contributed by atoms with van der Waals surface area (Å²) in [6.07, 6.45) is 10.1. The molecular weight excluding hydrogens is 288 g/mol. The summed E-state index contributed by atoms with van der Waals surface area (Å²) >= 11 is 0. The average Bonchev–Trinajstić information content (AvgIpc) is 2.35. The first-order valence-corrected chi connectivity index (χ1v) is 8.34. The van der Waals surface area contributed by atoms with Crippen LogP contribution in [0.5, 0.6) is 0 Å². The van der Waals surface area contributed by atoms with Gasteiger partial charge < -0.3 is 15.8 Å². The molecule has 0 saturated heterocycles. The molecule has 4 nitrogen and oxygen atoms in total. The molecule has 2 aliphatic rings. The first-order valence-electron chi connectivity index (χ1n) is 8.34. The van der Waals surface area contributed by atoms with E-state index in [2.05, 4.69) is 12.2 Å². The summed E-state index contributed by atoms with van der Waals surface area (Å²) in [7, 11) is 0. The molecule has 2 atom stereocenters. The quantitative estimate of drug-likeness (QED) is 0.642. The highest BCUT2D eigenvalue weighted by molar-refractivity contribution is 5.85. The molecule has 124 valence electrons. The van der Waals surface area contributed by atoms with Gasteiger partial charge in [-0.25, -0.2) is 0 Å². The second-order valence-corrected chi connectivity index (χ2v) is 6.34. The van der Waals surface area contributed by atoms with Gasteiger partial charge in [-0.05, 0) is 45.6 Å². The van der Waals surface area contributed by atoms with E-state index >= 15 is 0 Å². The van der Waals surface area contributed by atoms with Crippen molar-refractivity contribution in [2.45, 2.75) is 76.9 Å². The second-order valence-electron chi connectivity index (χ2n) is 6.34. The largest absolute Gasteiger partial charge is 0.378 e. The molecule has 0 radical (unpaired) electrons. The fraction of sp³-hybridized carbons (Fsp3) is 0.938. The number of halogens is 1. The molecule has 0 aromatic carbocycles. The summed E-state index contributed by atoms with van der Waals surface area (Å²) < 4.78 is 5.81. The summed E-state index contributed by atoms with van der Waals surface area (Å²) in [5, 5.41) is 3.24. The molecule has 2 fully saturated rings. The van der Waals surface area contributed by atoms with Crippen molar-refractivity contribution in [1.82, 2.24) is 5.32 Å². The van der Waals surface area contributed by atoms with Gasteiger partial charge in [0.1, 0.15) is 0 Å². The minimum atomic E-state index is 0. The lowest BCUT2D eigenvalue weighted by Gasteiger charge is -2.61. The smallest absolute Gasteiger partial charge is 0.220 e. The predicted molar refractivity (Wildman–Crippen MR) is 87.6 cm³/mol. The van der Waals surface area contributed by atoms with E-state index in [0.29, 0.717) is 18.6 Å². The predicted octanol–water partition coefficient (Wildman–Crippen LogP) is 2.78. The van der Waals surface area contributed by atoms with Gasteiger partial charge in [0.25, 0.3) is 0 Å². The summed E-state index contributed by atoms with van der Waals surface area (Å²) in [6.45, 7) is 3.60. The van der Waals surface area contributed by atoms with Crippen molar-refractivity contribution in [2.75, 3.05) is 13.2 Å². The van der Waals surface area contributed by atoms with Crippen molar-refractivity contribution in [2.24, 2.45) is 11.1 Å². The molecule has 1 spiro atoms. The SMILES string of the molecule is CCOC1CC(NC(=O)CCCCCCN)C12CCC2.Cl. The minimum Gasteiger partial charge on any atom is -0.378 e. The van der Waals surface area contributed by atoms with Crippen molar-refractivity contribution in [1.29, 1.82) is 0 Å². The van der Waals surface area contributed by atoms with Crippen molar-refractivity contribution in [3.8, 4) is 0 Å². The van der Waals surface area contributed by atoms with Crippen LogP contribution >= 0.6 is 12.4 Å². The monoisotopic (exact) mass is 318 g/mol. The molecule has 0 heterocycles. The molecule has 2 saturated carbocycles. The molecule has 2 unspecified atom stereocenters. The highest BCUT2D eigenvalue weighted by atomic mass is 35.5. The Kier molecular flexibility index (Phi) is 7.99. The molecular formula is C16H31ClN2O2. The van der Waals surface area contributed by atoms with Crippen LogP contribution in [0.3, 0.4) is 0 Å². The Bertz CT molecular complexity index is 321. The number of nitrogens with two attached hydrogens (primary N) is 1. The van der Waals surface area contributed by atoms with Crippen LogP contribution in [0.15, 0.2) is 0 Å². The van der Waals surface area contributed by atoms with Crippen LogP contribution in [0.4, 0.5) is 0 Å². The van der Waals surface area contributed by atoms with Gasteiger partial charge in [-0.1, -0.05) is 19.3 Å². The number of ether oxygens (including phenoxy) is 1. The van der Waals surface area contributed by atoms with Gasteiger partial charge in [0, 0.05) is 24.5 Å². The van der Waals surface area contributed by atoms with Crippen molar-refractivity contribution < 1.29 is 9.53 Å². The summed E-state index contributed by atoms with van der Waals surface area (Å²) in [5.74, 6) is 0.226. The topological polar surface area (TPSA) is 64.3 Å². The normalized spacial score (nSPS) is 25.6. The van der Waals surface area contributed by atoms with E-state index in [4.69, 9.17) is 10.5 Å². The van der Waals surface area contributed by atoms with Crippen molar-refractivity contribution in [3.63, 3.8) is 0 Å².